The predicted octanol–water partition coefficient (Wildman–Crippen LogP) is 1.49. The van der Waals surface area contributed by atoms with Gasteiger partial charge in [-0.25, -0.2) is 15.0 Å². The van der Waals surface area contributed by atoms with E-state index in [1.807, 2.05) is 14.0 Å². The van der Waals surface area contributed by atoms with Crippen molar-refractivity contribution in [3.8, 4) is 0 Å². The Morgan fingerprint density at radius 1 is 1.35 bits per heavy atom. The zero-order valence-electron chi connectivity index (χ0n) is 9.90. The predicted molar refractivity (Wildman–Crippen MR) is 64.8 cm³/mol. The molecule has 0 aliphatic carbocycles. The molecule has 1 N–H and O–H groups in total. The first-order chi connectivity index (χ1) is 8.06. The fourth-order valence-electron chi connectivity index (χ4n) is 1.39. The molecule has 17 heavy (non-hydrogen) atoms. The number of aromatic nitrogens is 5. The van der Waals surface area contributed by atoms with Gasteiger partial charge in [-0.05, 0) is 13.8 Å². The fraction of sp³-hybridized carbons (Fsp3) is 0.400. The molecular formula is C10H13ClN6. The van der Waals surface area contributed by atoms with Gasteiger partial charge in [0.2, 0.25) is 0 Å². The molecule has 0 atom stereocenters. The topological polar surface area (TPSA) is 68.5 Å². The number of halogens is 1. The van der Waals surface area contributed by atoms with Crippen LogP contribution in [0.15, 0.2) is 6.33 Å². The largest absolute Gasteiger partial charge is 0.362 e. The molecule has 0 amide bonds. The van der Waals surface area contributed by atoms with Gasteiger partial charge in [0.25, 0.3) is 0 Å². The van der Waals surface area contributed by atoms with E-state index < -0.39 is 0 Å². The lowest BCUT2D eigenvalue weighted by Gasteiger charge is -2.08. The van der Waals surface area contributed by atoms with Gasteiger partial charge in [-0.3, -0.25) is 4.68 Å². The second-order valence-electron chi connectivity index (χ2n) is 3.72. The van der Waals surface area contributed by atoms with Crippen LogP contribution in [0, 0.1) is 13.8 Å². The van der Waals surface area contributed by atoms with Crippen LogP contribution in [-0.4, -0.2) is 24.7 Å². The third-order valence-electron chi connectivity index (χ3n) is 2.26. The highest BCUT2D eigenvalue weighted by atomic mass is 35.5. The Bertz CT molecular complexity index is 536. The van der Waals surface area contributed by atoms with E-state index >= 15 is 0 Å². The van der Waals surface area contributed by atoms with Crippen LogP contribution in [0.2, 0.25) is 5.15 Å². The number of rotatable bonds is 3. The minimum atomic E-state index is 0.467. The molecule has 0 radical (unpaired) electrons. The molecular weight excluding hydrogens is 240 g/mol. The standard InChI is InChI=1S/C10H13ClN6/c1-6-9(11)14-7(2)15-10(6)12-4-8-13-5-17(3)16-8/h5H,4H2,1-3H3,(H,12,14,15). The van der Waals surface area contributed by atoms with Crippen molar-refractivity contribution < 1.29 is 0 Å². The number of nitrogens with zero attached hydrogens (tertiary/aromatic N) is 5. The molecule has 7 heteroatoms. The lowest BCUT2D eigenvalue weighted by atomic mass is 10.3. The SMILES string of the molecule is Cc1nc(Cl)c(C)c(NCc2ncn(C)n2)n1. The summed E-state index contributed by atoms with van der Waals surface area (Å²) in [4.78, 5) is 12.5. The smallest absolute Gasteiger partial charge is 0.169 e. The van der Waals surface area contributed by atoms with E-state index in [9.17, 15) is 0 Å². The molecule has 0 unspecified atom stereocenters. The summed E-state index contributed by atoms with van der Waals surface area (Å²) in [5.74, 6) is 2.06. The third-order valence-corrected chi connectivity index (χ3v) is 2.63. The maximum Gasteiger partial charge on any atom is 0.169 e. The zero-order valence-corrected chi connectivity index (χ0v) is 10.7. The maximum atomic E-state index is 5.98. The molecule has 0 saturated heterocycles. The molecule has 0 saturated carbocycles. The van der Waals surface area contributed by atoms with Crippen molar-refractivity contribution in [3.63, 3.8) is 0 Å². The second-order valence-corrected chi connectivity index (χ2v) is 4.08. The Balaban J connectivity index is 2.14. The first-order valence-corrected chi connectivity index (χ1v) is 5.53. The highest BCUT2D eigenvalue weighted by Crippen LogP contribution is 2.19. The van der Waals surface area contributed by atoms with Crippen molar-refractivity contribution >= 4 is 17.4 Å². The molecule has 6 nitrogen and oxygen atoms in total. The molecule has 2 heterocycles. The van der Waals surface area contributed by atoms with Crippen LogP contribution in [0.3, 0.4) is 0 Å². The van der Waals surface area contributed by atoms with E-state index in [-0.39, 0.29) is 0 Å². The minimum absolute atomic E-state index is 0.467. The van der Waals surface area contributed by atoms with Gasteiger partial charge < -0.3 is 5.32 Å². The van der Waals surface area contributed by atoms with Gasteiger partial charge in [-0.15, -0.1) is 0 Å². The van der Waals surface area contributed by atoms with Crippen molar-refractivity contribution in [3.05, 3.63) is 28.7 Å². The van der Waals surface area contributed by atoms with Gasteiger partial charge >= 0.3 is 0 Å². The number of hydrogen-bond donors (Lipinski definition) is 1. The molecule has 0 fully saturated rings. The Morgan fingerprint density at radius 2 is 2.12 bits per heavy atom. The summed E-state index contributed by atoms with van der Waals surface area (Å²) >= 11 is 5.98. The van der Waals surface area contributed by atoms with E-state index in [4.69, 9.17) is 11.6 Å². The third kappa shape index (κ3) is 2.71. The van der Waals surface area contributed by atoms with Crippen LogP contribution in [-0.2, 0) is 13.6 Å². The average molecular weight is 253 g/mol. The number of hydrogen-bond acceptors (Lipinski definition) is 5. The van der Waals surface area contributed by atoms with E-state index in [1.165, 1.54) is 0 Å². The lowest BCUT2D eigenvalue weighted by molar-refractivity contribution is 0.746. The van der Waals surface area contributed by atoms with Crippen LogP contribution in [0.5, 0.6) is 0 Å². The van der Waals surface area contributed by atoms with Crippen LogP contribution in [0.25, 0.3) is 0 Å². The van der Waals surface area contributed by atoms with Crippen molar-refractivity contribution in [2.24, 2.45) is 7.05 Å². The van der Waals surface area contributed by atoms with Crippen molar-refractivity contribution in [2.75, 3.05) is 5.32 Å². The Hall–Kier alpha value is -1.69. The molecule has 0 aliphatic rings. The number of anilines is 1. The van der Waals surface area contributed by atoms with E-state index in [2.05, 4.69) is 25.4 Å². The lowest BCUT2D eigenvalue weighted by Crippen LogP contribution is -2.07. The molecule has 2 rings (SSSR count). The van der Waals surface area contributed by atoms with Gasteiger partial charge in [-0.1, -0.05) is 11.6 Å². The summed E-state index contributed by atoms with van der Waals surface area (Å²) in [5, 5.41) is 7.78. The monoisotopic (exact) mass is 252 g/mol. The number of aryl methyl sites for hydroxylation is 2. The first kappa shape index (κ1) is 11.8. The summed E-state index contributed by atoms with van der Waals surface area (Å²) in [7, 11) is 1.83. The van der Waals surface area contributed by atoms with Gasteiger partial charge in [0.05, 0.1) is 6.54 Å². The summed E-state index contributed by atoms with van der Waals surface area (Å²) in [6, 6.07) is 0. The maximum absolute atomic E-state index is 5.98. The van der Waals surface area contributed by atoms with Crippen LogP contribution < -0.4 is 5.32 Å². The van der Waals surface area contributed by atoms with Gasteiger partial charge in [0.15, 0.2) is 5.82 Å². The highest BCUT2D eigenvalue weighted by molar-refractivity contribution is 6.30. The van der Waals surface area contributed by atoms with Crippen molar-refractivity contribution in [1.29, 1.82) is 0 Å². The minimum Gasteiger partial charge on any atom is -0.362 e. The molecule has 2 aromatic rings. The Morgan fingerprint density at radius 3 is 2.76 bits per heavy atom. The van der Waals surface area contributed by atoms with E-state index in [0.717, 1.165) is 11.4 Å². The molecule has 0 spiro atoms. The Labute approximate surface area is 104 Å². The molecule has 90 valence electrons. The van der Waals surface area contributed by atoms with Gasteiger partial charge in [0.1, 0.15) is 23.1 Å². The Kier molecular flexibility index (Phi) is 3.23. The highest BCUT2D eigenvalue weighted by Gasteiger charge is 2.07. The average Bonchev–Trinajstić information content (AvgIpc) is 2.67. The molecule has 0 aliphatic heterocycles. The molecule has 0 aromatic carbocycles. The number of nitrogens with one attached hydrogen (secondary N) is 1. The fourth-order valence-corrected chi connectivity index (χ4v) is 1.61. The summed E-state index contributed by atoms with van der Waals surface area (Å²) in [6.45, 7) is 4.18. The van der Waals surface area contributed by atoms with Crippen molar-refractivity contribution in [2.45, 2.75) is 20.4 Å². The summed E-state index contributed by atoms with van der Waals surface area (Å²) < 4.78 is 1.65. The van der Waals surface area contributed by atoms with Gasteiger partial charge in [-0.2, -0.15) is 5.10 Å². The van der Waals surface area contributed by atoms with Crippen molar-refractivity contribution in [1.82, 2.24) is 24.7 Å². The van der Waals surface area contributed by atoms with E-state index in [0.29, 0.717) is 23.3 Å². The van der Waals surface area contributed by atoms with Crippen LogP contribution in [0.1, 0.15) is 17.2 Å². The quantitative estimate of drug-likeness (QED) is 0.839. The van der Waals surface area contributed by atoms with Crippen LogP contribution in [0.4, 0.5) is 5.82 Å². The molecule has 2 aromatic heterocycles. The summed E-state index contributed by atoms with van der Waals surface area (Å²) in [6.07, 6.45) is 1.65. The second kappa shape index (κ2) is 4.67. The van der Waals surface area contributed by atoms with Crippen LogP contribution >= 0.6 is 11.6 Å². The van der Waals surface area contributed by atoms with Gasteiger partial charge in [0, 0.05) is 12.6 Å². The summed E-state index contributed by atoms with van der Waals surface area (Å²) in [5.41, 5.74) is 0.827. The normalized spacial score (nSPS) is 10.6. The molecule has 0 bridgehead atoms. The zero-order chi connectivity index (χ0) is 12.4. The first-order valence-electron chi connectivity index (χ1n) is 5.15. The van der Waals surface area contributed by atoms with E-state index in [1.54, 1.807) is 17.9 Å².